The van der Waals surface area contributed by atoms with Gasteiger partial charge in [0.2, 0.25) is 5.54 Å². The van der Waals surface area contributed by atoms with E-state index in [1.54, 1.807) is 6.92 Å². The normalized spacial score (nSPS) is 37.9. The van der Waals surface area contributed by atoms with Crippen molar-refractivity contribution in [2.45, 2.75) is 57.7 Å². The number of rotatable bonds is 2. The van der Waals surface area contributed by atoms with E-state index in [0.717, 1.165) is 12.8 Å². The van der Waals surface area contributed by atoms with Gasteiger partial charge in [0.1, 0.15) is 5.60 Å². The lowest BCUT2D eigenvalue weighted by Gasteiger charge is -2.40. The number of ether oxygens (including phenoxy) is 2. The molecule has 2 heterocycles. The van der Waals surface area contributed by atoms with Crippen molar-refractivity contribution >= 4 is 11.9 Å². The Balaban J connectivity index is 2.42. The summed E-state index contributed by atoms with van der Waals surface area (Å²) in [4.78, 5) is 24.5. The average Bonchev–Trinajstić information content (AvgIpc) is 2.47. The summed E-state index contributed by atoms with van der Waals surface area (Å²) in [6, 6.07) is 0.104. The summed E-state index contributed by atoms with van der Waals surface area (Å²) in [5.41, 5.74) is -1.94. The van der Waals surface area contributed by atoms with Gasteiger partial charge in [0, 0.05) is 12.0 Å². The van der Waals surface area contributed by atoms with Gasteiger partial charge in [-0.05, 0) is 40.5 Å². The fourth-order valence-electron chi connectivity index (χ4n) is 3.18. The highest BCUT2D eigenvalue weighted by atomic mass is 16.6. The molecular weight excluding hydrogens is 234 g/mol. The second-order valence-corrected chi connectivity index (χ2v) is 5.70. The predicted octanol–water partition coefficient (Wildman–Crippen LogP) is 1.01. The average molecular weight is 255 g/mol. The Kier molecular flexibility index (Phi) is 3.13. The number of esters is 2. The lowest BCUT2D eigenvalue weighted by atomic mass is 9.71. The van der Waals surface area contributed by atoms with Crippen molar-refractivity contribution < 1.29 is 19.1 Å². The van der Waals surface area contributed by atoms with Crippen molar-refractivity contribution in [2.24, 2.45) is 5.92 Å². The lowest BCUT2D eigenvalue weighted by molar-refractivity contribution is -0.162. The van der Waals surface area contributed by atoms with Gasteiger partial charge in [0.15, 0.2) is 0 Å². The lowest BCUT2D eigenvalue weighted by Crippen LogP contribution is -2.66. The summed E-state index contributed by atoms with van der Waals surface area (Å²) in [6.45, 7) is 7.68. The van der Waals surface area contributed by atoms with Gasteiger partial charge in [0.25, 0.3) is 0 Å². The van der Waals surface area contributed by atoms with Crippen LogP contribution in [0.4, 0.5) is 0 Å². The van der Waals surface area contributed by atoms with E-state index in [1.165, 1.54) is 0 Å². The molecule has 0 amide bonds. The van der Waals surface area contributed by atoms with E-state index < -0.39 is 23.1 Å². The minimum absolute atomic E-state index is 0.104. The van der Waals surface area contributed by atoms with E-state index in [1.807, 2.05) is 20.8 Å². The number of hydrogen-bond acceptors (Lipinski definition) is 5. The fraction of sp³-hybridized carbons (Fsp3) is 0.846. The Bertz CT molecular complexity index is 379. The molecule has 0 aromatic rings. The Labute approximate surface area is 107 Å². The van der Waals surface area contributed by atoms with E-state index in [2.05, 4.69) is 5.32 Å². The van der Waals surface area contributed by atoms with E-state index in [9.17, 15) is 9.59 Å². The van der Waals surface area contributed by atoms with E-state index in [4.69, 9.17) is 9.47 Å². The topological polar surface area (TPSA) is 64.6 Å². The molecule has 0 spiro atoms. The molecule has 0 saturated carbocycles. The number of carbonyl (C=O) groups excluding carboxylic acids is 2. The fourth-order valence-corrected chi connectivity index (χ4v) is 3.18. The summed E-state index contributed by atoms with van der Waals surface area (Å²) >= 11 is 0. The van der Waals surface area contributed by atoms with Crippen LogP contribution in [0.5, 0.6) is 0 Å². The quantitative estimate of drug-likeness (QED) is 0.589. The van der Waals surface area contributed by atoms with Crippen molar-refractivity contribution in [1.29, 1.82) is 0 Å². The zero-order valence-corrected chi connectivity index (χ0v) is 11.4. The summed E-state index contributed by atoms with van der Waals surface area (Å²) in [5, 5.41) is 3.13. The number of nitrogens with one attached hydrogen (secondary N) is 1. The zero-order chi connectivity index (χ0) is 13.6. The third kappa shape index (κ3) is 1.72. The summed E-state index contributed by atoms with van der Waals surface area (Å²) in [7, 11) is 0. The maximum atomic E-state index is 12.3. The second kappa shape index (κ2) is 4.23. The molecule has 3 unspecified atom stereocenters. The first-order valence-corrected chi connectivity index (χ1v) is 6.53. The van der Waals surface area contributed by atoms with Gasteiger partial charge in [0.05, 0.1) is 6.61 Å². The van der Waals surface area contributed by atoms with Gasteiger partial charge in [-0.1, -0.05) is 0 Å². The van der Waals surface area contributed by atoms with Crippen molar-refractivity contribution in [2.75, 3.05) is 6.61 Å². The number of carbonyl (C=O) groups is 2. The van der Waals surface area contributed by atoms with Crippen LogP contribution in [0.3, 0.4) is 0 Å². The Morgan fingerprint density at radius 3 is 2.78 bits per heavy atom. The Morgan fingerprint density at radius 2 is 2.17 bits per heavy atom. The minimum Gasteiger partial charge on any atom is -0.464 e. The van der Waals surface area contributed by atoms with E-state index >= 15 is 0 Å². The largest absolute Gasteiger partial charge is 0.464 e. The molecule has 0 bridgehead atoms. The molecule has 0 radical (unpaired) electrons. The first kappa shape index (κ1) is 13.3. The zero-order valence-electron chi connectivity index (χ0n) is 11.4. The molecule has 3 atom stereocenters. The highest BCUT2D eigenvalue weighted by Crippen LogP contribution is 2.46. The summed E-state index contributed by atoms with van der Waals surface area (Å²) < 4.78 is 10.5. The summed E-state index contributed by atoms with van der Waals surface area (Å²) in [5.74, 6) is -1.17. The molecule has 0 aliphatic carbocycles. The van der Waals surface area contributed by atoms with Crippen LogP contribution in [0.2, 0.25) is 0 Å². The van der Waals surface area contributed by atoms with Gasteiger partial charge < -0.3 is 9.47 Å². The molecule has 2 aliphatic heterocycles. The smallest absolute Gasteiger partial charge is 0.339 e. The molecule has 2 saturated heterocycles. The molecule has 0 aromatic heterocycles. The van der Waals surface area contributed by atoms with E-state index in [0.29, 0.717) is 0 Å². The highest BCUT2D eigenvalue weighted by Gasteiger charge is 2.67. The summed E-state index contributed by atoms with van der Waals surface area (Å²) in [6.07, 6.45) is 1.71. The molecule has 0 aromatic carbocycles. The molecule has 102 valence electrons. The second-order valence-electron chi connectivity index (χ2n) is 5.70. The maximum Gasteiger partial charge on any atom is 0.339 e. The SMILES string of the molecule is CCOC(=O)C12NC(C)CCC1C(C)(C)OC2=O. The molecule has 5 heteroatoms. The molecule has 2 fully saturated rings. The Hall–Kier alpha value is -1.10. The molecule has 2 aliphatic rings. The third-order valence-electron chi connectivity index (χ3n) is 4.00. The van der Waals surface area contributed by atoms with Crippen molar-refractivity contribution in [3.63, 3.8) is 0 Å². The molecule has 2 rings (SSSR count). The van der Waals surface area contributed by atoms with Gasteiger partial charge in [-0.25, -0.2) is 9.59 Å². The maximum absolute atomic E-state index is 12.3. The van der Waals surface area contributed by atoms with Crippen LogP contribution < -0.4 is 5.32 Å². The predicted molar refractivity (Wildman–Crippen MR) is 64.9 cm³/mol. The van der Waals surface area contributed by atoms with Crippen molar-refractivity contribution in [3.8, 4) is 0 Å². The van der Waals surface area contributed by atoms with Gasteiger partial charge in [-0.2, -0.15) is 0 Å². The first-order chi connectivity index (χ1) is 8.34. The van der Waals surface area contributed by atoms with Crippen LogP contribution in [0.25, 0.3) is 0 Å². The van der Waals surface area contributed by atoms with E-state index in [-0.39, 0.29) is 18.6 Å². The standard InChI is InChI=1S/C13H21NO4/c1-5-17-10(15)13-9(7-6-8(2)14-13)12(3,4)18-11(13)16/h8-9,14H,5-7H2,1-4H3. The molecule has 18 heavy (non-hydrogen) atoms. The van der Waals surface area contributed by atoms with Crippen LogP contribution in [0.1, 0.15) is 40.5 Å². The van der Waals surface area contributed by atoms with Crippen molar-refractivity contribution in [3.05, 3.63) is 0 Å². The molecule has 1 N–H and O–H groups in total. The van der Waals surface area contributed by atoms with Crippen LogP contribution in [0, 0.1) is 5.92 Å². The van der Waals surface area contributed by atoms with Gasteiger partial charge in [-0.15, -0.1) is 0 Å². The first-order valence-electron chi connectivity index (χ1n) is 6.53. The van der Waals surface area contributed by atoms with Crippen molar-refractivity contribution in [1.82, 2.24) is 5.32 Å². The third-order valence-corrected chi connectivity index (χ3v) is 4.00. The number of cyclic esters (lactones) is 1. The van der Waals surface area contributed by atoms with Crippen LogP contribution in [0.15, 0.2) is 0 Å². The van der Waals surface area contributed by atoms with Crippen LogP contribution in [-0.4, -0.2) is 35.7 Å². The number of piperidine rings is 1. The molecule has 5 nitrogen and oxygen atoms in total. The van der Waals surface area contributed by atoms with Crippen LogP contribution in [-0.2, 0) is 19.1 Å². The molecular formula is C13H21NO4. The number of hydrogen-bond donors (Lipinski definition) is 1. The monoisotopic (exact) mass is 255 g/mol. The van der Waals surface area contributed by atoms with Gasteiger partial charge in [-0.3, -0.25) is 5.32 Å². The van der Waals surface area contributed by atoms with Crippen LogP contribution >= 0.6 is 0 Å². The Morgan fingerprint density at radius 1 is 1.50 bits per heavy atom. The van der Waals surface area contributed by atoms with Gasteiger partial charge >= 0.3 is 11.9 Å². The minimum atomic E-state index is -1.31. The number of fused-ring (bicyclic) bond motifs is 1. The highest BCUT2D eigenvalue weighted by molar-refractivity contribution is 6.07.